The monoisotopic (exact) mass is 352 g/mol. The van der Waals surface area contributed by atoms with Crippen molar-refractivity contribution in [1.29, 1.82) is 0 Å². The Bertz CT molecular complexity index is 660. The van der Waals surface area contributed by atoms with E-state index in [2.05, 4.69) is 5.32 Å². The molecule has 1 atom stereocenters. The van der Waals surface area contributed by atoms with Crippen LogP contribution in [0.15, 0.2) is 18.2 Å². The van der Waals surface area contributed by atoms with Crippen molar-refractivity contribution in [2.45, 2.75) is 39.2 Å². The highest BCUT2D eigenvalue weighted by molar-refractivity contribution is 6.34. The van der Waals surface area contributed by atoms with Gasteiger partial charge in [-0.15, -0.1) is 0 Å². The van der Waals surface area contributed by atoms with Crippen LogP contribution in [0, 0.1) is 5.92 Å². The van der Waals surface area contributed by atoms with Gasteiger partial charge in [-0.1, -0.05) is 25.4 Å². The number of hydrogen-bond donors (Lipinski definition) is 2. The van der Waals surface area contributed by atoms with Crippen LogP contribution in [0.5, 0.6) is 0 Å². The Balaban J connectivity index is 2.20. The van der Waals surface area contributed by atoms with E-state index in [-0.39, 0.29) is 22.4 Å². The van der Waals surface area contributed by atoms with Crippen LogP contribution in [0.4, 0.5) is 5.69 Å². The lowest BCUT2D eigenvalue weighted by Gasteiger charge is -2.22. The minimum atomic E-state index is -1.02. The molecule has 7 heteroatoms. The predicted molar refractivity (Wildman–Crippen MR) is 91.2 cm³/mol. The molecule has 1 unspecified atom stereocenters. The van der Waals surface area contributed by atoms with Gasteiger partial charge in [0.25, 0.3) is 5.91 Å². The zero-order valence-corrected chi connectivity index (χ0v) is 14.5. The summed E-state index contributed by atoms with van der Waals surface area (Å²) in [5, 5.41) is 12.2. The molecular formula is C17H21ClN2O4. The van der Waals surface area contributed by atoms with Crippen molar-refractivity contribution in [3.05, 3.63) is 28.8 Å². The van der Waals surface area contributed by atoms with Gasteiger partial charge in [0.2, 0.25) is 5.91 Å². The summed E-state index contributed by atoms with van der Waals surface area (Å²) in [6.07, 6.45) is 1.45. The molecular weight excluding hydrogens is 332 g/mol. The minimum absolute atomic E-state index is 0.143. The van der Waals surface area contributed by atoms with Crippen molar-refractivity contribution in [3.8, 4) is 0 Å². The van der Waals surface area contributed by atoms with Crippen LogP contribution in [0.1, 0.15) is 43.5 Å². The highest BCUT2D eigenvalue weighted by Crippen LogP contribution is 2.26. The molecule has 1 aromatic rings. The summed E-state index contributed by atoms with van der Waals surface area (Å²) in [6, 6.07) is 3.83. The molecule has 24 heavy (non-hydrogen) atoms. The average molecular weight is 353 g/mol. The topological polar surface area (TPSA) is 86.7 Å². The van der Waals surface area contributed by atoms with Gasteiger partial charge < -0.3 is 15.3 Å². The quantitative estimate of drug-likeness (QED) is 0.852. The van der Waals surface area contributed by atoms with E-state index < -0.39 is 17.9 Å². The highest BCUT2D eigenvalue weighted by Gasteiger charge is 2.35. The number of anilines is 1. The van der Waals surface area contributed by atoms with Crippen molar-refractivity contribution in [2.24, 2.45) is 5.92 Å². The third-order valence-corrected chi connectivity index (χ3v) is 4.20. The second kappa shape index (κ2) is 7.66. The second-order valence-electron chi connectivity index (χ2n) is 6.34. The molecule has 1 saturated heterocycles. The largest absolute Gasteiger partial charge is 0.480 e. The van der Waals surface area contributed by atoms with Crippen molar-refractivity contribution in [3.63, 3.8) is 0 Å². The predicted octanol–water partition coefficient (Wildman–Crippen LogP) is 3.01. The van der Waals surface area contributed by atoms with Crippen molar-refractivity contribution < 1.29 is 19.5 Å². The Kier molecular flexibility index (Phi) is 5.83. The molecule has 6 nitrogen and oxygen atoms in total. The molecule has 0 saturated carbocycles. The fourth-order valence-corrected chi connectivity index (χ4v) is 2.97. The fourth-order valence-electron chi connectivity index (χ4n) is 2.77. The molecule has 130 valence electrons. The fraction of sp³-hybridized carbons (Fsp3) is 0.471. The van der Waals surface area contributed by atoms with E-state index in [0.29, 0.717) is 31.5 Å². The van der Waals surface area contributed by atoms with Crippen molar-refractivity contribution >= 4 is 35.1 Å². The summed E-state index contributed by atoms with van der Waals surface area (Å²) in [7, 11) is 0. The van der Waals surface area contributed by atoms with Gasteiger partial charge in [-0.05, 0) is 37.0 Å². The SMILES string of the molecule is CC(C)CC(=O)Nc1ccc(Cl)c(C(=O)N2CCCC2C(=O)O)c1. The summed E-state index contributed by atoms with van der Waals surface area (Å²) >= 11 is 6.11. The Morgan fingerprint density at radius 1 is 1.38 bits per heavy atom. The number of halogens is 1. The number of rotatable bonds is 5. The molecule has 1 aromatic carbocycles. The number of carbonyl (C=O) groups excluding carboxylic acids is 2. The van der Waals surface area contributed by atoms with Crippen LogP contribution in [0.25, 0.3) is 0 Å². The van der Waals surface area contributed by atoms with E-state index in [4.69, 9.17) is 11.6 Å². The molecule has 2 amide bonds. The maximum Gasteiger partial charge on any atom is 0.326 e. The lowest BCUT2D eigenvalue weighted by molar-refractivity contribution is -0.141. The summed E-state index contributed by atoms with van der Waals surface area (Å²) in [6.45, 7) is 4.27. The number of carbonyl (C=O) groups is 3. The smallest absolute Gasteiger partial charge is 0.326 e. The molecule has 1 fully saturated rings. The van der Waals surface area contributed by atoms with Gasteiger partial charge in [0.05, 0.1) is 10.6 Å². The molecule has 1 aliphatic rings. The van der Waals surface area contributed by atoms with E-state index >= 15 is 0 Å². The van der Waals surface area contributed by atoms with Gasteiger partial charge in [0.1, 0.15) is 6.04 Å². The second-order valence-corrected chi connectivity index (χ2v) is 6.74. The summed E-state index contributed by atoms with van der Waals surface area (Å²) in [5.41, 5.74) is 0.673. The Morgan fingerprint density at radius 2 is 2.08 bits per heavy atom. The molecule has 1 aliphatic heterocycles. The number of likely N-dealkylation sites (tertiary alicyclic amines) is 1. The van der Waals surface area contributed by atoms with E-state index in [0.717, 1.165) is 0 Å². The number of nitrogens with one attached hydrogen (secondary N) is 1. The molecule has 0 spiro atoms. The third-order valence-electron chi connectivity index (χ3n) is 3.87. The van der Waals surface area contributed by atoms with E-state index in [1.807, 2.05) is 13.8 Å². The lowest BCUT2D eigenvalue weighted by atomic mass is 10.1. The number of aliphatic carboxylic acids is 1. The first-order chi connectivity index (χ1) is 11.3. The third kappa shape index (κ3) is 4.26. The average Bonchev–Trinajstić information content (AvgIpc) is 2.97. The molecule has 1 heterocycles. The van der Waals surface area contributed by atoms with Crippen molar-refractivity contribution in [2.75, 3.05) is 11.9 Å². The van der Waals surface area contributed by atoms with E-state index in [1.165, 1.54) is 17.0 Å². The highest BCUT2D eigenvalue weighted by atomic mass is 35.5. The standard InChI is InChI=1S/C17H21ClN2O4/c1-10(2)8-15(21)19-11-5-6-13(18)12(9-11)16(22)20-7-3-4-14(20)17(23)24/h5-6,9-10,14H,3-4,7-8H2,1-2H3,(H,19,21)(H,23,24). The molecule has 2 rings (SSSR count). The molecule has 0 aromatic heterocycles. The Morgan fingerprint density at radius 3 is 2.71 bits per heavy atom. The van der Waals surface area contributed by atoms with Gasteiger partial charge >= 0.3 is 5.97 Å². The first kappa shape index (κ1) is 18.3. The number of carboxylic acids is 1. The number of nitrogens with zero attached hydrogens (tertiary/aromatic N) is 1. The molecule has 0 bridgehead atoms. The minimum Gasteiger partial charge on any atom is -0.480 e. The lowest BCUT2D eigenvalue weighted by Crippen LogP contribution is -2.40. The van der Waals surface area contributed by atoms with Gasteiger partial charge in [0.15, 0.2) is 0 Å². The summed E-state index contributed by atoms with van der Waals surface area (Å²) in [5.74, 6) is -1.36. The van der Waals surface area contributed by atoms with E-state index in [1.54, 1.807) is 6.07 Å². The van der Waals surface area contributed by atoms with E-state index in [9.17, 15) is 19.5 Å². The van der Waals surface area contributed by atoms with Gasteiger partial charge in [-0.25, -0.2) is 4.79 Å². The zero-order valence-electron chi connectivity index (χ0n) is 13.7. The van der Waals surface area contributed by atoms with Crippen molar-refractivity contribution in [1.82, 2.24) is 4.90 Å². The normalized spacial score (nSPS) is 17.2. The Labute approximate surface area is 145 Å². The molecule has 2 N–H and O–H groups in total. The molecule has 0 aliphatic carbocycles. The maximum atomic E-state index is 12.7. The first-order valence-corrected chi connectivity index (χ1v) is 8.30. The summed E-state index contributed by atoms with van der Waals surface area (Å²) in [4.78, 5) is 37.1. The zero-order chi connectivity index (χ0) is 17.9. The van der Waals surface area contributed by atoms with Crippen LogP contribution in [-0.4, -0.2) is 40.4 Å². The van der Waals surface area contributed by atoms with Gasteiger partial charge in [-0.3, -0.25) is 9.59 Å². The van der Waals surface area contributed by atoms with Crippen LogP contribution < -0.4 is 5.32 Å². The van der Waals surface area contributed by atoms with Crippen LogP contribution in [-0.2, 0) is 9.59 Å². The Hall–Kier alpha value is -2.08. The number of hydrogen-bond acceptors (Lipinski definition) is 3. The number of amides is 2. The van der Waals surface area contributed by atoms with Gasteiger partial charge in [-0.2, -0.15) is 0 Å². The van der Waals surface area contributed by atoms with Crippen LogP contribution >= 0.6 is 11.6 Å². The van der Waals surface area contributed by atoms with Gasteiger partial charge in [0, 0.05) is 18.7 Å². The van der Waals surface area contributed by atoms with Crippen LogP contribution in [0.2, 0.25) is 5.02 Å². The first-order valence-electron chi connectivity index (χ1n) is 7.92. The summed E-state index contributed by atoms with van der Waals surface area (Å²) < 4.78 is 0. The van der Waals surface area contributed by atoms with Crippen LogP contribution in [0.3, 0.4) is 0 Å². The number of benzene rings is 1. The maximum absolute atomic E-state index is 12.7. The molecule has 0 radical (unpaired) electrons. The number of carboxylic acid groups (broad SMARTS) is 1.